The summed E-state index contributed by atoms with van der Waals surface area (Å²) in [6.45, 7) is 5.33. The number of rotatable bonds is 7. The van der Waals surface area contributed by atoms with E-state index in [2.05, 4.69) is 42.7 Å². The summed E-state index contributed by atoms with van der Waals surface area (Å²) in [5.41, 5.74) is 0. The third-order valence-electron chi connectivity index (χ3n) is 3.12. The fourth-order valence-corrected chi connectivity index (χ4v) is 4.10. The van der Waals surface area contributed by atoms with Crippen molar-refractivity contribution in [2.75, 3.05) is 13.7 Å². The van der Waals surface area contributed by atoms with Gasteiger partial charge in [-0.3, -0.25) is 0 Å². The second kappa shape index (κ2) is 7.08. The summed E-state index contributed by atoms with van der Waals surface area (Å²) >= 11 is 3.69. The molecule has 2 heterocycles. The van der Waals surface area contributed by atoms with Gasteiger partial charge in [0, 0.05) is 16.2 Å². The molecule has 4 heteroatoms. The Morgan fingerprint density at radius 3 is 2.63 bits per heavy atom. The van der Waals surface area contributed by atoms with Crippen LogP contribution in [-0.2, 0) is 12.8 Å². The Morgan fingerprint density at radius 2 is 2.00 bits per heavy atom. The first-order valence-electron chi connectivity index (χ1n) is 6.70. The van der Waals surface area contributed by atoms with E-state index in [1.165, 1.54) is 14.6 Å². The molecule has 0 saturated carbocycles. The van der Waals surface area contributed by atoms with E-state index in [9.17, 15) is 0 Å². The predicted molar refractivity (Wildman–Crippen MR) is 84.7 cm³/mol. The van der Waals surface area contributed by atoms with E-state index < -0.39 is 0 Å². The molecule has 0 bridgehead atoms. The van der Waals surface area contributed by atoms with Gasteiger partial charge < -0.3 is 10.1 Å². The lowest BCUT2D eigenvalue weighted by Gasteiger charge is -2.17. The van der Waals surface area contributed by atoms with Crippen molar-refractivity contribution in [1.29, 1.82) is 0 Å². The summed E-state index contributed by atoms with van der Waals surface area (Å²) in [5, 5.41) is 5.67. The summed E-state index contributed by atoms with van der Waals surface area (Å²) in [7, 11) is 1.74. The van der Waals surface area contributed by atoms with E-state index >= 15 is 0 Å². The van der Waals surface area contributed by atoms with E-state index in [0.717, 1.165) is 25.1 Å². The molecule has 2 aromatic rings. The highest BCUT2D eigenvalue weighted by molar-refractivity contribution is 7.12. The average Bonchev–Trinajstić information content (AvgIpc) is 3.06. The van der Waals surface area contributed by atoms with Crippen molar-refractivity contribution >= 4 is 22.7 Å². The summed E-state index contributed by atoms with van der Waals surface area (Å²) in [6, 6.07) is 6.90. The lowest BCUT2D eigenvalue weighted by atomic mass is 10.1. The highest BCUT2D eigenvalue weighted by atomic mass is 32.1. The van der Waals surface area contributed by atoms with Crippen LogP contribution in [0.5, 0.6) is 5.75 Å². The van der Waals surface area contributed by atoms with Gasteiger partial charge in [0.1, 0.15) is 5.75 Å². The maximum atomic E-state index is 5.45. The molecular formula is C15H21NOS2. The highest BCUT2D eigenvalue weighted by Gasteiger charge is 2.18. The van der Waals surface area contributed by atoms with Crippen molar-refractivity contribution in [3.8, 4) is 5.75 Å². The Labute approximate surface area is 123 Å². The molecule has 2 aromatic heterocycles. The zero-order valence-electron chi connectivity index (χ0n) is 11.7. The van der Waals surface area contributed by atoms with Crippen LogP contribution in [0.4, 0.5) is 0 Å². The SMILES string of the molecule is CCNC(Cc1ccc(CC)s1)c1sccc1OC. The smallest absolute Gasteiger partial charge is 0.134 e. The van der Waals surface area contributed by atoms with Crippen molar-refractivity contribution in [2.45, 2.75) is 32.7 Å². The Bertz CT molecular complexity index is 504. The second-order valence-corrected chi connectivity index (χ2v) is 6.59. The van der Waals surface area contributed by atoms with Crippen LogP contribution in [0.1, 0.15) is 34.5 Å². The van der Waals surface area contributed by atoms with Gasteiger partial charge in [-0.2, -0.15) is 0 Å². The molecule has 0 fully saturated rings. The van der Waals surface area contributed by atoms with Crippen molar-refractivity contribution in [3.63, 3.8) is 0 Å². The van der Waals surface area contributed by atoms with Gasteiger partial charge in [-0.1, -0.05) is 13.8 Å². The fourth-order valence-electron chi connectivity index (χ4n) is 2.16. The molecule has 2 nitrogen and oxygen atoms in total. The van der Waals surface area contributed by atoms with Crippen LogP contribution < -0.4 is 10.1 Å². The van der Waals surface area contributed by atoms with Crippen LogP contribution in [-0.4, -0.2) is 13.7 Å². The molecule has 2 rings (SSSR count). The summed E-state index contributed by atoms with van der Waals surface area (Å²) in [6.07, 6.45) is 2.16. The monoisotopic (exact) mass is 295 g/mol. The summed E-state index contributed by atoms with van der Waals surface area (Å²) in [4.78, 5) is 4.21. The highest BCUT2D eigenvalue weighted by Crippen LogP contribution is 2.34. The predicted octanol–water partition coefficient (Wildman–Crippen LogP) is 4.27. The molecule has 0 aliphatic carbocycles. The molecule has 1 atom stereocenters. The van der Waals surface area contributed by atoms with Gasteiger partial charge in [-0.25, -0.2) is 0 Å². The Balaban J connectivity index is 2.16. The fraction of sp³-hybridized carbons (Fsp3) is 0.467. The van der Waals surface area contributed by atoms with Gasteiger partial charge in [-0.05, 0) is 36.5 Å². The first-order valence-corrected chi connectivity index (χ1v) is 8.40. The van der Waals surface area contributed by atoms with E-state index in [4.69, 9.17) is 4.74 Å². The normalized spacial score (nSPS) is 12.6. The number of aryl methyl sites for hydroxylation is 1. The topological polar surface area (TPSA) is 21.3 Å². The number of nitrogens with one attached hydrogen (secondary N) is 1. The maximum absolute atomic E-state index is 5.45. The quantitative estimate of drug-likeness (QED) is 0.823. The van der Waals surface area contributed by atoms with Gasteiger partial charge in [-0.15, -0.1) is 22.7 Å². The molecule has 1 N–H and O–H groups in total. The Morgan fingerprint density at radius 1 is 1.21 bits per heavy atom. The number of thiophene rings is 2. The van der Waals surface area contributed by atoms with Crippen LogP contribution in [0.15, 0.2) is 23.6 Å². The largest absolute Gasteiger partial charge is 0.496 e. The van der Waals surface area contributed by atoms with Gasteiger partial charge >= 0.3 is 0 Å². The first-order chi connectivity index (χ1) is 9.28. The molecule has 0 aromatic carbocycles. The molecule has 0 spiro atoms. The van der Waals surface area contributed by atoms with Crippen LogP contribution >= 0.6 is 22.7 Å². The minimum absolute atomic E-state index is 0.350. The minimum atomic E-state index is 0.350. The van der Waals surface area contributed by atoms with Crippen LogP contribution in [0.2, 0.25) is 0 Å². The van der Waals surface area contributed by atoms with Crippen LogP contribution in [0.3, 0.4) is 0 Å². The van der Waals surface area contributed by atoms with Crippen molar-refractivity contribution in [2.24, 2.45) is 0 Å². The van der Waals surface area contributed by atoms with Gasteiger partial charge in [0.15, 0.2) is 0 Å². The van der Waals surface area contributed by atoms with Crippen LogP contribution in [0, 0.1) is 0 Å². The van der Waals surface area contributed by atoms with Crippen molar-refractivity contribution in [3.05, 3.63) is 38.2 Å². The number of methoxy groups -OCH3 is 1. The molecule has 0 amide bonds. The molecule has 0 radical (unpaired) electrons. The van der Waals surface area contributed by atoms with E-state index in [-0.39, 0.29) is 0 Å². The van der Waals surface area contributed by atoms with E-state index in [1.807, 2.05) is 11.3 Å². The Kier molecular flexibility index (Phi) is 5.43. The van der Waals surface area contributed by atoms with Gasteiger partial charge in [0.25, 0.3) is 0 Å². The zero-order valence-corrected chi connectivity index (χ0v) is 13.4. The minimum Gasteiger partial charge on any atom is -0.496 e. The molecule has 0 saturated heterocycles. The third kappa shape index (κ3) is 3.59. The number of hydrogen-bond donors (Lipinski definition) is 1. The van der Waals surface area contributed by atoms with E-state index in [1.54, 1.807) is 18.4 Å². The van der Waals surface area contributed by atoms with E-state index in [0.29, 0.717) is 6.04 Å². The average molecular weight is 295 g/mol. The second-order valence-electron chi connectivity index (χ2n) is 4.39. The lowest BCUT2D eigenvalue weighted by molar-refractivity contribution is 0.403. The van der Waals surface area contributed by atoms with Crippen LogP contribution in [0.25, 0.3) is 0 Å². The number of ether oxygens (including phenoxy) is 1. The molecule has 1 unspecified atom stereocenters. The molecular weight excluding hydrogens is 274 g/mol. The lowest BCUT2D eigenvalue weighted by Crippen LogP contribution is -2.22. The molecule has 19 heavy (non-hydrogen) atoms. The molecule has 0 aliphatic rings. The number of hydrogen-bond acceptors (Lipinski definition) is 4. The maximum Gasteiger partial charge on any atom is 0.134 e. The van der Waals surface area contributed by atoms with Crippen molar-refractivity contribution < 1.29 is 4.74 Å². The Hall–Kier alpha value is -0.840. The van der Waals surface area contributed by atoms with Gasteiger partial charge in [0.05, 0.1) is 18.0 Å². The number of likely N-dealkylation sites (N-methyl/N-ethyl adjacent to an activating group) is 1. The zero-order chi connectivity index (χ0) is 13.7. The molecule has 0 aliphatic heterocycles. The first kappa shape index (κ1) is 14.6. The summed E-state index contributed by atoms with van der Waals surface area (Å²) < 4.78 is 5.45. The summed E-state index contributed by atoms with van der Waals surface area (Å²) in [5.74, 6) is 1.00. The van der Waals surface area contributed by atoms with Gasteiger partial charge in [0.2, 0.25) is 0 Å². The standard InChI is InChI=1S/C15H21NOS2/c1-4-11-6-7-12(19-11)10-13(16-5-2)15-14(17-3)8-9-18-15/h6-9,13,16H,4-5,10H2,1-3H3. The molecule has 104 valence electrons. The third-order valence-corrected chi connectivity index (χ3v) is 5.38. The van der Waals surface area contributed by atoms with Crippen molar-refractivity contribution in [1.82, 2.24) is 5.32 Å².